The highest BCUT2D eigenvalue weighted by Crippen LogP contribution is 2.47. The third-order valence-electron chi connectivity index (χ3n) is 5.20. The summed E-state index contributed by atoms with van der Waals surface area (Å²) < 4.78 is 59.6. The van der Waals surface area contributed by atoms with Crippen molar-refractivity contribution in [2.75, 3.05) is 13.7 Å². The van der Waals surface area contributed by atoms with Gasteiger partial charge in [0.05, 0.1) is 25.8 Å². The molecule has 0 amide bonds. The molecular weight excluding hydrogens is 479 g/mol. The molecule has 4 rings (SSSR count). The van der Waals surface area contributed by atoms with Crippen LogP contribution < -0.4 is 9.47 Å². The molecule has 1 aliphatic heterocycles. The topological polar surface area (TPSA) is 95.7 Å². The number of aromatic nitrogens is 3. The van der Waals surface area contributed by atoms with Crippen LogP contribution in [0.3, 0.4) is 0 Å². The zero-order valence-corrected chi connectivity index (χ0v) is 18.7. The fraction of sp³-hybridized carbons (Fsp3) is 0.318. The average molecular weight is 498 g/mol. The van der Waals surface area contributed by atoms with Gasteiger partial charge in [0.1, 0.15) is 12.2 Å². The summed E-state index contributed by atoms with van der Waals surface area (Å²) in [6.45, 7) is 2.13. The number of hydrogen-bond donors (Lipinski definition) is 1. The number of carbonyl (C=O) groups is 1. The van der Waals surface area contributed by atoms with Gasteiger partial charge in [-0.1, -0.05) is 23.7 Å². The lowest BCUT2D eigenvalue weighted by atomic mass is 9.98. The molecule has 12 heteroatoms. The standard InChI is InChI=1S/C22H19ClF3N3O5/c1-3-33-15-6-4-5-12(19(15)32-2)18-13-9-11(23)7-8-14(13)29-20(16(34-18)10-17(30)31)27-28-21(29)22(24,25)26/h4-9,16,18H,3,10H2,1-2H3,(H,30,31)/t16-,18-/m1/s1. The second kappa shape index (κ2) is 9.15. The lowest BCUT2D eigenvalue weighted by molar-refractivity contribution is -0.146. The minimum absolute atomic E-state index is 0.0541. The van der Waals surface area contributed by atoms with E-state index in [1.54, 1.807) is 25.1 Å². The molecule has 0 bridgehead atoms. The van der Waals surface area contributed by atoms with Crippen molar-refractivity contribution in [2.24, 2.45) is 0 Å². The van der Waals surface area contributed by atoms with E-state index in [1.165, 1.54) is 25.3 Å². The van der Waals surface area contributed by atoms with Gasteiger partial charge in [-0.15, -0.1) is 10.2 Å². The molecule has 34 heavy (non-hydrogen) atoms. The van der Waals surface area contributed by atoms with E-state index in [2.05, 4.69) is 10.2 Å². The van der Waals surface area contributed by atoms with E-state index in [0.29, 0.717) is 23.7 Å². The number of halogens is 4. The number of alkyl halides is 3. The molecule has 2 atom stereocenters. The molecule has 0 fully saturated rings. The third-order valence-corrected chi connectivity index (χ3v) is 5.43. The quantitative estimate of drug-likeness (QED) is 0.513. The third kappa shape index (κ3) is 4.28. The van der Waals surface area contributed by atoms with Crippen LogP contribution in [0.25, 0.3) is 5.69 Å². The van der Waals surface area contributed by atoms with Crippen LogP contribution in [0.4, 0.5) is 13.2 Å². The van der Waals surface area contributed by atoms with Crippen LogP contribution in [0.5, 0.6) is 11.5 Å². The van der Waals surface area contributed by atoms with Crippen LogP contribution in [0, 0.1) is 0 Å². The van der Waals surface area contributed by atoms with Crippen LogP contribution in [-0.2, 0) is 15.7 Å². The first kappa shape index (κ1) is 23.8. The molecule has 1 aliphatic rings. The summed E-state index contributed by atoms with van der Waals surface area (Å²) >= 11 is 6.22. The van der Waals surface area contributed by atoms with Gasteiger partial charge in [-0.25, -0.2) is 0 Å². The molecule has 0 radical (unpaired) electrons. The Morgan fingerprint density at radius 1 is 1.24 bits per heavy atom. The maximum absolute atomic E-state index is 13.8. The Hall–Kier alpha value is -3.31. The SMILES string of the molecule is CCOc1cccc([C@H]2O[C@H](CC(=O)O)c3nnc(C(F)(F)F)n3-c3ccc(Cl)cc32)c1OC. The Bertz CT molecular complexity index is 1230. The van der Waals surface area contributed by atoms with E-state index in [0.717, 1.165) is 4.57 Å². The van der Waals surface area contributed by atoms with Crippen molar-refractivity contribution in [3.05, 3.63) is 64.2 Å². The molecule has 0 spiro atoms. The number of methoxy groups -OCH3 is 1. The van der Waals surface area contributed by atoms with Crippen molar-refractivity contribution in [1.82, 2.24) is 14.8 Å². The van der Waals surface area contributed by atoms with Gasteiger partial charge in [0.15, 0.2) is 17.3 Å². The molecule has 8 nitrogen and oxygen atoms in total. The second-order valence-electron chi connectivity index (χ2n) is 7.33. The molecule has 2 aromatic carbocycles. The number of ether oxygens (including phenoxy) is 3. The number of benzene rings is 2. The van der Waals surface area contributed by atoms with Gasteiger partial charge >= 0.3 is 12.1 Å². The van der Waals surface area contributed by atoms with Gasteiger partial charge in [0.25, 0.3) is 0 Å². The molecule has 2 heterocycles. The number of carboxylic acid groups (broad SMARTS) is 1. The van der Waals surface area contributed by atoms with E-state index in [9.17, 15) is 23.1 Å². The summed E-state index contributed by atoms with van der Waals surface area (Å²) in [4.78, 5) is 11.6. The van der Waals surface area contributed by atoms with Crippen molar-refractivity contribution < 1.29 is 37.3 Å². The van der Waals surface area contributed by atoms with E-state index in [-0.39, 0.29) is 22.1 Å². The Balaban J connectivity index is 2.02. The van der Waals surface area contributed by atoms with Crippen molar-refractivity contribution in [2.45, 2.75) is 31.7 Å². The largest absolute Gasteiger partial charge is 0.492 e. The van der Waals surface area contributed by atoms with Crippen molar-refractivity contribution in [1.29, 1.82) is 0 Å². The van der Waals surface area contributed by atoms with Gasteiger partial charge < -0.3 is 19.3 Å². The predicted molar refractivity (Wildman–Crippen MR) is 113 cm³/mol. The lowest BCUT2D eigenvalue weighted by Crippen LogP contribution is -2.17. The molecule has 0 aliphatic carbocycles. The number of carboxylic acids is 1. The molecule has 0 saturated heterocycles. The number of hydrogen-bond acceptors (Lipinski definition) is 6. The summed E-state index contributed by atoms with van der Waals surface area (Å²) in [5.41, 5.74) is 0.719. The maximum atomic E-state index is 13.8. The maximum Gasteiger partial charge on any atom is 0.452 e. The molecule has 180 valence electrons. The van der Waals surface area contributed by atoms with Crippen LogP contribution in [0.1, 0.15) is 48.3 Å². The lowest BCUT2D eigenvalue weighted by Gasteiger charge is -2.24. The van der Waals surface area contributed by atoms with Gasteiger partial charge in [-0.2, -0.15) is 13.2 Å². The van der Waals surface area contributed by atoms with Crippen LogP contribution in [0.15, 0.2) is 36.4 Å². The van der Waals surface area contributed by atoms with E-state index >= 15 is 0 Å². The molecular formula is C22H19ClF3N3O5. The Morgan fingerprint density at radius 3 is 2.65 bits per heavy atom. The minimum atomic E-state index is -4.86. The summed E-state index contributed by atoms with van der Waals surface area (Å²) in [6.07, 6.45) is -7.93. The van der Waals surface area contributed by atoms with Gasteiger partial charge in [-0.3, -0.25) is 9.36 Å². The van der Waals surface area contributed by atoms with Gasteiger partial charge in [-0.05, 0) is 31.2 Å². The Kier molecular flexibility index (Phi) is 6.41. The molecule has 1 aromatic heterocycles. The normalized spacial score (nSPS) is 17.5. The number of aliphatic carboxylic acids is 1. The summed E-state index contributed by atoms with van der Waals surface area (Å²) in [6, 6.07) is 9.28. The second-order valence-corrected chi connectivity index (χ2v) is 7.77. The van der Waals surface area contributed by atoms with Crippen LogP contribution in [-0.4, -0.2) is 39.6 Å². The monoisotopic (exact) mass is 497 g/mol. The van der Waals surface area contributed by atoms with E-state index < -0.39 is 36.6 Å². The van der Waals surface area contributed by atoms with Crippen molar-refractivity contribution in [3.63, 3.8) is 0 Å². The minimum Gasteiger partial charge on any atom is -0.492 e. The Labute approximate surface area is 196 Å². The first-order valence-electron chi connectivity index (χ1n) is 10.1. The average Bonchev–Trinajstić information content (AvgIpc) is 3.17. The van der Waals surface area contributed by atoms with E-state index in [1.807, 2.05) is 0 Å². The van der Waals surface area contributed by atoms with Crippen LogP contribution >= 0.6 is 11.6 Å². The highest BCUT2D eigenvalue weighted by Gasteiger charge is 2.43. The van der Waals surface area contributed by atoms with Gasteiger partial charge in [0, 0.05) is 16.1 Å². The smallest absolute Gasteiger partial charge is 0.452 e. The summed E-state index contributed by atoms with van der Waals surface area (Å²) in [5.74, 6) is -2.19. The Morgan fingerprint density at radius 2 is 2.00 bits per heavy atom. The number of fused-ring (bicyclic) bond motifs is 3. The number of rotatable bonds is 6. The highest BCUT2D eigenvalue weighted by molar-refractivity contribution is 6.30. The van der Waals surface area contributed by atoms with Crippen LogP contribution in [0.2, 0.25) is 5.02 Å². The van der Waals surface area contributed by atoms with Crippen molar-refractivity contribution >= 4 is 17.6 Å². The number of para-hydroxylation sites is 1. The zero-order chi connectivity index (χ0) is 24.6. The highest BCUT2D eigenvalue weighted by atomic mass is 35.5. The first-order chi connectivity index (χ1) is 16.2. The summed E-state index contributed by atoms with van der Waals surface area (Å²) in [5, 5.41) is 16.7. The zero-order valence-electron chi connectivity index (χ0n) is 18.0. The molecule has 1 N–H and O–H groups in total. The van der Waals surface area contributed by atoms with E-state index in [4.69, 9.17) is 25.8 Å². The van der Waals surface area contributed by atoms with Gasteiger partial charge in [0.2, 0.25) is 5.82 Å². The van der Waals surface area contributed by atoms with Crippen molar-refractivity contribution in [3.8, 4) is 17.2 Å². The molecule has 0 unspecified atom stereocenters. The summed E-state index contributed by atoms with van der Waals surface area (Å²) in [7, 11) is 1.42. The molecule has 3 aromatic rings. The predicted octanol–water partition coefficient (Wildman–Crippen LogP) is 4.98. The fourth-order valence-electron chi connectivity index (χ4n) is 3.93. The number of nitrogens with zero attached hydrogens (tertiary/aromatic N) is 3. The fourth-order valence-corrected chi connectivity index (χ4v) is 4.11. The first-order valence-corrected chi connectivity index (χ1v) is 10.5. The molecule has 0 saturated carbocycles.